The zero-order valence-corrected chi connectivity index (χ0v) is 32.6. The molecule has 0 aliphatic heterocycles. The van der Waals surface area contributed by atoms with Gasteiger partial charge >= 0.3 is 0 Å². The molecule has 3 aromatic heterocycles. The van der Waals surface area contributed by atoms with E-state index in [1.807, 2.05) is 30.3 Å². The van der Waals surface area contributed by atoms with Gasteiger partial charge in [0.25, 0.3) is 0 Å². The van der Waals surface area contributed by atoms with Crippen LogP contribution in [0.15, 0.2) is 200 Å². The van der Waals surface area contributed by atoms with Crippen LogP contribution in [0.1, 0.15) is 12.8 Å². The number of rotatable bonds is 8. The van der Waals surface area contributed by atoms with E-state index in [1.165, 1.54) is 0 Å². The fourth-order valence-electron chi connectivity index (χ4n) is 8.14. The minimum Gasteiger partial charge on any atom is -0.293 e. The molecular formula is C53H37N7. The SMILES string of the molecule is C1=CC(n2c(-c3ccc(-c4nc(-c5ccc(-c6nc7ccccc7n6-c6ccccc6)cc5)nc(-c5ccccc5-c5ccccc5)n4)cc3)nc3ccccc32)=CCC1. The molecule has 0 atom stereocenters. The Morgan fingerprint density at radius 3 is 1.43 bits per heavy atom. The Morgan fingerprint density at radius 2 is 0.833 bits per heavy atom. The maximum Gasteiger partial charge on any atom is 0.164 e. The monoisotopic (exact) mass is 771 g/mol. The third-order valence-electron chi connectivity index (χ3n) is 11.1. The number of allylic oxidation sites excluding steroid dienone is 4. The van der Waals surface area contributed by atoms with Crippen LogP contribution in [0.3, 0.4) is 0 Å². The van der Waals surface area contributed by atoms with E-state index in [-0.39, 0.29) is 0 Å². The van der Waals surface area contributed by atoms with Crippen molar-refractivity contribution in [2.45, 2.75) is 12.8 Å². The van der Waals surface area contributed by atoms with Gasteiger partial charge in [-0.25, -0.2) is 24.9 Å². The number of para-hydroxylation sites is 5. The van der Waals surface area contributed by atoms with Crippen LogP contribution in [0.5, 0.6) is 0 Å². The third kappa shape index (κ3) is 6.39. The largest absolute Gasteiger partial charge is 0.293 e. The van der Waals surface area contributed by atoms with Gasteiger partial charge in [0.05, 0.1) is 22.1 Å². The lowest BCUT2D eigenvalue weighted by atomic mass is 9.99. The number of nitrogens with zero attached hydrogens (tertiary/aromatic N) is 7. The highest BCUT2D eigenvalue weighted by atomic mass is 15.1. The normalized spacial score (nSPS) is 12.6. The van der Waals surface area contributed by atoms with E-state index in [0.717, 1.165) is 96.9 Å². The molecule has 3 heterocycles. The van der Waals surface area contributed by atoms with E-state index in [1.54, 1.807) is 0 Å². The Labute approximate surface area is 347 Å². The predicted molar refractivity (Wildman–Crippen MR) is 243 cm³/mol. The molecular weight excluding hydrogens is 735 g/mol. The summed E-state index contributed by atoms with van der Waals surface area (Å²) in [6, 6.07) is 62.4. The number of hydrogen-bond acceptors (Lipinski definition) is 5. The summed E-state index contributed by atoms with van der Waals surface area (Å²) in [4.78, 5) is 25.7. The Morgan fingerprint density at radius 1 is 0.350 bits per heavy atom. The molecule has 1 aliphatic carbocycles. The molecule has 7 aromatic carbocycles. The van der Waals surface area contributed by atoms with Crippen molar-refractivity contribution in [3.05, 3.63) is 200 Å². The number of aromatic nitrogens is 7. The molecule has 284 valence electrons. The Balaban J connectivity index is 1.03. The summed E-state index contributed by atoms with van der Waals surface area (Å²) in [7, 11) is 0. The zero-order valence-electron chi connectivity index (χ0n) is 32.6. The van der Waals surface area contributed by atoms with Crippen molar-refractivity contribution < 1.29 is 0 Å². The van der Waals surface area contributed by atoms with E-state index in [9.17, 15) is 0 Å². The van der Waals surface area contributed by atoms with Gasteiger partial charge in [0.2, 0.25) is 0 Å². The van der Waals surface area contributed by atoms with Crippen molar-refractivity contribution in [2.75, 3.05) is 0 Å². The second kappa shape index (κ2) is 15.0. The second-order valence-corrected chi connectivity index (χ2v) is 14.8. The number of imidazole rings is 2. The summed E-state index contributed by atoms with van der Waals surface area (Å²) >= 11 is 0. The summed E-state index contributed by atoms with van der Waals surface area (Å²) < 4.78 is 4.48. The molecule has 7 heteroatoms. The van der Waals surface area contributed by atoms with Crippen LogP contribution in [0, 0.1) is 0 Å². The number of benzene rings is 7. The molecule has 0 saturated heterocycles. The molecule has 0 unspecified atom stereocenters. The van der Waals surface area contributed by atoms with E-state index < -0.39 is 0 Å². The van der Waals surface area contributed by atoms with Gasteiger partial charge in [0, 0.05) is 39.2 Å². The van der Waals surface area contributed by atoms with Crippen molar-refractivity contribution >= 4 is 27.8 Å². The third-order valence-corrected chi connectivity index (χ3v) is 11.1. The van der Waals surface area contributed by atoms with Crippen LogP contribution < -0.4 is 0 Å². The van der Waals surface area contributed by atoms with Crippen LogP contribution in [0.2, 0.25) is 0 Å². The lowest BCUT2D eigenvalue weighted by Crippen LogP contribution is -2.02. The maximum atomic E-state index is 5.17. The fourth-order valence-corrected chi connectivity index (χ4v) is 8.14. The second-order valence-electron chi connectivity index (χ2n) is 14.8. The van der Waals surface area contributed by atoms with Crippen LogP contribution in [-0.4, -0.2) is 34.1 Å². The number of hydrogen-bond donors (Lipinski definition) is 0. The quantitative estimate of drug-likeness (QED) is 0.154. The molecule has 0 amide bonds. The fraction of sp³-hybridized carbons (Fsp3) is 0.0377. The van der Waals surface area contributed by atoms with Gasteiger partial charge in [-0.15, -0.1) is 0 Å². The molecule has 60 heavy (non-hydrogen) atoms. The van der Waals surface area contributed by atoms with Gasteiger partial charge in [-0.2, -0.15) is 0 Å². The molecule has 0 N–H and O–H groups in total. The van der Waals surface area contributed by atoms with Crippen LogP contribution in [0.4, 0.5) is 0 Å². The topological polar surface area (TPSA) is 74.3 Å². The average Bonchev–Trinajstić information content (AvgIpc) is 3.92. The molecule has 0 bridgehead atoms. The standard InChI is InChI=1S/C53H37N7/c1-4-16-36(17-5-1)43-22-10-11-23-44(43)51-57-49(37-28-32-39(33-29-37)52-54-45-24-12-14-26-47(45)59(52)41-18-6-2-7-19-41)56-50(58-51)38-30-34-40(35-31-38)53-55-46-25-13-15-27-48(46)60(53)42-20-8-3-9-21-42/h1-2,4-8,10-35H,3,9H2. The van der Waals surface area contributed by atoms with Crippen molar-refractivity contribution in [3.63, 3.8) is 0 Å². The van der Waals surface area contributed by atoms with Crippen LogP contribution >= 0.6 is 0 Å². The highest BCUT2D eigenvalue weighted by Gasteiger charge is 2.20. The lowest BCUT2D eigenvalue weighted by molar-refractivity contribution is 1.01. The van der Waals surface area contributed by atoms with Crippen LogP contribution in [0.25, 0.3) is 102 Å². The molecule has 0 fully saturated rings. The molecule has 11 rings (SSSR count). The van der Waals surface area contributed by atoms with Gasteiger partial charge in [-0.3, -0.25) is 9.13 Å². The van der Waals surface area contributed by atoms with Gasteiger partial charge in [-0.05, 0) is 66.4 Å². The van der Waals surface area contributed by atoms with Gasteiger partial charge < -0.3 is 0 Å². The zero-order chi connectivity index (χ0) is 39.8. The highest BCUT2D eigenvalue weighted by Crippen LogP contribution is 2.35. The van der Waals surface area contributed by atoms with E-state index in [4.69, 9.17) is 24.9 Å². The van der Waals surface area contributed by atoms with Gasteiger partial charge in [0.1, 0.15) is 11.6 Å². The Hall–Kier alpha value is -8.03. The van der Waals surface area contributed by atoms with Crippen molar-refractivity contribution in [3.8, 4) is 73.8 Å². The summed E-state index contributed by atoms with van der Waals surface area (Å²) in [6.45, 7) is 0. The van der Waals surface area contributed by atoms with Crippen molar-refractivity contribution in [2.24, 2.45) is 0 Å². The summed E-state index contributed by atoms with van der Waals surface area (Å²) in [5, 5.41) is 0. The summed E-state index contributed by atoms with van der Waals surface area (Å²) in [6.07, 6.45) is 8.78. The first-order valence-corrected chi connectivity index (χ1v) is 20.3. The first kappa shape index (κ1) is 35.2. The highest BCUT2D eigenvalue weighted by molar-refractivity contribution is 5.88. The predicted octanol–water partition coefficient (Wildman–Crippen LogP) is 12.8. The molecule has 0 saturated carbocycles. The minimum atomic E-state index is 0.586. The first-order chi connectivity index (χ1) is 29.7. The minimum absolute atomic E-state index is 0.586. The lowest BCUT2D eigenvalue weighted by Gasteiger charge is -2.14. The Bertz CT molecular complexity index is 3230. The average molecular weight is 772 g/mol. The van der Waals surface area contributed by atoms with Gasteiger partial charge in [-0.1, -0.05) is 158 Å². The van der Waals surface area contributed by atoms with E-state index >= 15 is 0 Å². The van der Waals surface area contributed by atoms with E-state index in [2.05, 4.69) is 179 Å². The molecule has 0 radical (unpaired) electrons. The van der Waals surface area contributed by atoms with E-state index in [0.29, 0.717) is 17.5 Å². The molecule has 1 aliphatic rings. The molecule has 10 aromatic rings. The van der Waals surface area contributed by atoms with Crippen molar-refractivity contribution in [1.29, 1.82) is 0 Å². The molecule has 0 spiro atoms. The first-order valence-electron chi connectivity index (χ1n) is 20.3. The molecule has 7 nitrogen and oxygen atoms in total. The van der Waals surface area contributed by atoms with Gasteiger partial charge in [0.15, 0.2) is 17.5 Å². The summed E-state index contributed by atoms with van der Waals surface area (Å²) in [5.41, 5.74) is 13.1. The Kier molecular flexibility index (Phi) is 8.82. The smallest absolute Gasteiger partial charge is 0.164 e. The number of fused-ring (bicyclic) bond motifs is 2. The van der Waals surface area contributed by atoms with Crippen LogP contribution in [-0.2, 0) is 0 Å². The van der Waals surface area contributed by atoms with Crippen molar-refractivity contribution in [1.82, 2.24) is 34.1 Å². The summed E-state index contributed by atoms with van der Waals surface area (Å²) in [5.74, 6) is 3.54. The maximum absolute atomic E-state index is 5.17.